The first-order valence-electron chi connectivity index (χ1n) is 7.95. The number of carbonyl (C=O) groups is 1. The lowest BCUT2D eigenvalue weighted by Crippen LogP contribution is -2.35. The zero-order valence-corrected chi connectivity index (χ0v) is 13.7. The number of nitrogens with zero attached hydrogens (tertiary/aromatic N) is 2. The van der Waals surface area contributed by atoms with E-state index in [-0.39, 0.29) is 17.2 Å². The maximum absolute atomic E-state index is 12.7. The van der Waals surface area contributed by atoms with Crippen molar-refractivity contribution in [3.8, 4) is 0 Å². The Bertz CT molecular complexity index is 813. The monoisotopic (exact) mass is 346 g/mol. The van der Waals surface area contributed by atoms with E-state index in [2.05, 4.69) is 4.98 Å². The summed E-state index contributed by atoms with van der Waals surface area (Å²) in [6, 6.07) is 12.0. The lowest BCUT2D eigenvalue weighted by Gasteiger charge is -2.27. The molecule has 1 aliphatic rings. The predicted octanol–water partition coefficient (Wildman–Crippen LogP) is 4.34. The summed E-state index contributed by atoms with van der Waals surface area (Å²) in [5, 5.41) is 0. The van der Waals surface area contributed by atoms with Gasteiger partial charge < -0.3 is 4.90 Å². The van der Waals surface area contributed by atoms with Crippen LogP contribution < -0.4 is 0 Å². The maximum atomic E-state index is 12.7. The Labute approximate surface area is 143 Å². The van der Waals surface area contributed by atoms with Gasteiger partial charge in [-0.25, -0.2) is 4.98 Å². The van der Waals surface area contributed by atoms with Crippen molar-refractivity contribution >= 4 is 11.5 Å². The molecule has 0 unspecified atom stereocenters. The van der Waals surface area contributed by atoms with Crippen LogP contribution in [-0.2, 0) is 6.18 Å². The van der Waals surface area contributed by atoms with Gasteiger partial charge in [-0.15, -0.1) is 0 Å². The summed E-state index contributed by atoms with van der Waals surface area (Å²) in [7, 11) is 0. The molecule has 3 rings (SSSR count). The molecular formula is C19H17F3N2O. The van der Waals surface area contributed by atoms with Gasteiger partial charge in [0.05, 0.1) is 11.3 Å². The van der Waals surface area contributed by atoms with Crippen molar-refractivity contribution in [3.05, 3.63) is 71.1 Å². The number of aromatic nitrogens is 1. The third-order valence-electron chi connectivity index (χ3n) is 4.25. The lowest BCUT2D eigenvalue weighted by atomic mass is 9.99. The first-order valence-corrected chi connectivity index (χ1v) is 7.95. The molecule has 2 aromatic rings. The van der Waals surface area contributed by atoms with Gasteiger partial charge in [0.25, 0.3) is 5.91 Å². The van der Waals surface area contributed by atoms with Crippen LogP contribution in [0, 0.1) is 6.92 Å². The molecule has 0 atom stereocenters. The molecular weight excluding hydrogens is 329 g/mol. The quantitative estimate of drug-likeness (QED) is 0.810. The average Bonchev–Trinajstić information content (AvgIpc) is 2.61. The molecule has 1 aromatic heterocycles. The Balaban J connectivity index is 1.76. The molecule has 130 valence electrons. The topological polar surface area (TPSA) is 33.2 Å². The van der Waals surface area contributed by atoms with Crippen molar-refractivity contribution in [2.45, 2.75) is 19.5 Å². The molecule has 6 heteroatoms. The van der Waals surface area contributed by atoms with E-state index in [1.807, 2.05) is 36.4 Å². The number of halogens is 3. The van der Waals surface area contributed by atoms with E-state index < -0.39 is 11.9 Å². The Kier molecular flexibility index (Phi) is 4.61. The van der Waals surface area contributed by atoms with Crippen molar-refractivity contribution < 1.29 is 18.0 Å². The normalized spacial score (nSPS) is 15.0. The second kappa shape index (κ2) is 6.70. The molecule has 0 spiro atoms. The van der Waals surface area contributed by atoms with Gasteiger partial charge in [0, 0.05) is 13.1 Å². The zero-order chi connectivity index (χ0) is 18.0. The van der Waals surface area contributed by atoms with Crippen LogP contribution >= 0.6 is 0 Å². The van der Waals surface area contributed by atoms with Gasteiger partial charge in [0.15, 0.2) is 0 Å². The molecule has 0 N–H and O–H groups in total. The van der Waals surface area contributed by atoms with Crippen LogP contribution in [0.4, 0.5) is 13.2 Å². The van der Waals surface area contributed by atoms with E-state index in [1.54, 1.807) is 4.90 Å². The molecule has 0 radical (unpaired) electrons. The highest BCUT2D eigenvalue weighted by Gasteiger charge is 2.33. The van der Waals surface area contributed by atoms with Crippen LogP contribution in [0.3, 0.4) is 0 Å². The fourth-order valence-electron chi connectivity index (χ4n) is 2.88. The SMILES string of the molecule is Cc1nc(C(F)(F)F)ccc1C(=O)N1CC=C(c2ccccc2)CC1. The zero-order valence-electron chi connectivity index (χ0n) is 13.7. The van der Waals surface area contributed by atoms with Gasteiger partial charge in [0.2, 0.25) is 0 Å². The molecule has 25 heavy (non-hydrogen) atoms. The minimum atomic E-state index is -4.51. The second-order valence-corrected chi connectivity index (χ2v) is 5.92. The van der Waals surface area contributed by atoms with Gasteiger partial charge in [-0.05, 0) is 36.6 Å². The first kappa shape index (κ1) is 17.2. The van der Waals surface area contributed by atoms with E-state index in [4.69, 9.17) is 0 Å². The smallest absolute Gasteiger partial charge is 0.335 e. The van der Waals surface area contributed by atoms with E-state index >= 15 is 0 Å². The summed E-state index contributed by atoms with van der Waals surface area (Å²) in [4.78, 5) is 17.8. The van der Waals surface area contributed by atoms with Crippen LogP contribution in [0.25, 0.3) is 5.57 Å². The largest absolute Gasteiger partial charge is 0.433 e. The third kappa shape index (κ3) is 3.73. The highest BCUT2D eigenvalue weighted by atomic mass is 19.4. The molecule has 1 amide bonds. The van der Waals surface area contributed by atoms with E-state index in [1.165, 1.54) is 18.6 Å². The Morgan fingerprint density at radius 2 is 1.84 bits per heavy atom. The number of carbonyl (C=O) groups excluding carboxylic acids is 1. The number of aryl methyl sites for hydroxylation is 1. The summed E-state index contributed by atoms with van der Waals surface area (Å²) in [5.74, 6) is -0.290. The van der Waals surface area contributed by atoms with Crippen molar-refractivity contribution in [3.63, 3.8) is 0 Å². The Morgan fingerprint density at radius 3 is 2.40 bits per heavy atom. The van der Waals surface area contributed by atoms with Gasteiger partial charge in [-0.3, -0.25) is 4.79 Å². The summed E-state index contributed by atoms with van der Waals surface area (Å²) in [6.07, 6.45) is -1.81. The first-order chi connectivity index (χ1) is 11.9. The average molecular weight is 346 g/mol. The standard InChI is InChI=1S/C19H17F3N2O/c1-13-16(7-8-17(23-13)19(20,21)22)18(25)24-11-9-15(10-12-24)14-5-3-2-4-6-14/h2-9H,10-12H2,1H3. The predicted molar refractivity (Wildman–Crippen MR) is 88.9 cm³/mol. The van der Waals surface area contributed by atoms with Gasteiger partial charge >= 0.3 is 6.18 Å². The van der Waals surface area contributed by atoms with E-state index in [0.717, 1.165) is 11.6 Å². The number of benzene rings is 1. The molecule has 0 fully saturated rings. The van der Waals surface area contributed by atoms with Gasteiger partial charge in [-0.1, -0.05) is 36.4 Å². The molecule has 1 aliphatic heterocycles. The van der Waals surface area contributed by atoms with Crippen LogP contribution in [0.5, 0.6) is 0 Å². The van der Waals surface area contributed by atoms with Crippen molar-refractivity contribution in [1.82, 2.24) is 9.88 Å². The molecule has 0 bridgehead atoms. The molecule has 3 nitrogen and oxygen atoms in total. The number of hydrogen-bond acceptors (Lipinski definition) is 2. The Hall–Kier alpha value is -2.63. The molecule has 1 aromatic carbocycles. The summed E-state index contributed by atoms with van der Waals surface area (Å²) >= 11 is 0. The van der Waals surface area contributed by atoms with Crippen molar-refractivity contribution in [2.75, 3.05) is 13.1 Å². The summed E-state index contributed by atoms with van der Waals surface area (Å²) in [5.41, 5.74) is 1.63. The van der Waals surface area contributed by atoms with Crippen molar-refractivity contribution in [1.29, 1.82) is 0 Å². The highest BCUT2D eigenvalue weighted by Crippen LogP contribution is 2.29. The molecule has 0 aliphatic carbocycles. The minimum absolute atomic E-state index is 0.0951. The number of alkyl halides is 3. The summed E-state index contributed by atoms with van der Waals surface area (Å²) in [6.45, 7) is 2.39. The number of hydrogen-bond donors (Lipinski definition) is 0. The maximum Gasteiger partial charge on any atom is 0.433 e. The lowest BCUT2D eigenvalue weighted by molar-refractivity contribution is -0.141. The van der Waals surface area contributed by atoms with Crippen molar-refractivity contribution in [2.24, 2.45) is 0 Å². The number of amides is 1. The Morgan fingerprint density at radius 1 is 1.12 bits per heavy atom. The summed E-state index contributed by atoms with van der Waals surface area (Å²) < 4.78 is 38.1. The highest BCUT2D eigenvalue weighted by molar-refractivity contribution is 5.95. The van der Waals surface area contributed by atoms with Crippen LogP contribution in [0.15, 0.2) is 48.5 Å². The number of pyridine rings is 1. The molecule has 0 saturated carbocycles. The van der Waals surface area contributed by atoms with Gasteiger partial charge in [-0.2, -0.15) is 13.2 Å². The fraction of sp³-hybridized carbons (Fsp3) is 0.263. The van der Waals surface area contributed by atoms with Gasteiger partial charge in [0.1, 0.15) is 5.69 Å². The van der Waals surface area contributed by atoms with Crippen LogP contribution in [-0.4, -0.2) is 28.9 Å². The number of rotatable bonds is 2. The fourth-order valence-corrected chi connectivity index (χ4v) is 2.88. The minimum Gasteiger partial charge on any atom is -0.335 e. The second-order valence-electron chi connectivity index (χ2n) is 5.92. The van der Waals surface area contributed by atoms with Crippen LogP contribution in [0.2, 0.25) is 0 Å². The van der Waals surface area contributed by atoms with E-state index in [9.17, 15) is 18.0 Å². The van der Waals surface area contributed by atoms with E-state index in [0.29, 0.717) is 19.5 Å². The molecule has 2 heterocycles. The third-order valence-corrected chi connectivity index (χ3v) is 4.25. The van der Waals surface area contributed by atoms with Crippen LogP contribution in [0.1, 0.15) is 33.7 Å². The molecule has 0 saturated heterocycles.